The first-order valence-electron chi connectivity index (χ1n) is 11.7. The monoisotopic (exact) mass is 411 g/mol. The van der Waals surface area contributed by atoms with Gasteiger partial charge in [0.25, 0.3) is 0 Å². The third kappa shape index (κ3) is 15.4. The number of piperazine rings is 1. The van der Waals surface area contributed by atoms with E-state index >= 15 is 0 Å². The van der Waals surface area contributed by atoms with E-state index in [1.807, 2.05) is 47.7 Å². The second kappa shape index (κ2) is 20.2. The Hall–Kier alpha value is -1.13. The molecule has 0 saturated carbocycles. The summed E-state index contributed by atoms with van der Waals surface area (Å²) in [7, 11) is 1.00. The maximum absolute atomic E-state index is 7.00. The first-order chi connectivity index (χ1) is 13.9. The number of nitrogens with zero attached hydrogens (tertiary/aromatic N) is 3. The molecule has 1 N–H and O–H groups in total. The number of rotatable bonds is 5. The van der Waals surface area contributed by atoms with Gasteiger partial charge in [0.05, 0.1) is 0 Å². The fourth-order valence-corrected chi connectivity index (χ4v) is 3.56. The third-order valence-corrected chi connectivity index (χ3v) is 4.20. The predicted molar refractivity (Wildman–Crippen MR) is 133 cm³/mol. The van der Waals surface area contributed by atoms with E-state index in [0.29, 0.717) is 5.41 Å². The van der Waals surface area contributed by atoms with Gasteiger partial charge in [-0.25, -0.2) is 4.98 Å². The van der Waals surface area contributed by atoms with Crippen LogP contribution >= 0.6 is 0 Å². The molecule has 0 bridgehead atoms. The Bertz CT molecular complexity index is 436. The zero-order chi connectivity index (χ0) is 23.5. The summed E-state index contributed by atoms with van der Waals surface area (Å²) in [6.45, 7) is 29.2. The van der Waals surface area contributed by atoms with Crippen molar-refractivity contribution in [3.05, 3.63) is 23.9 Å². The minimum Gasteiger partial charge on any atom is -0.400 e. The first-order valence-corrected chi connectivity index (χ1v) is 11.7. The fraction of sp³-hybridized carbons (Fsp3) is 0.800. The molecule has 1 fully saturated rings. The fourth-order valence-electron chi connectivity index (χ4n) is 3.56. The van der Waals surface area contributed by atoms with Gasteiger partial charge in [-0.1, -0.05) is 75.3 Å². The molecule has 1 aliphatic rings. The lowest BCUT2D eigenvalue weighted by molar-refractivity contribution is 0.149. The van der Waals surface area contributed by atoms with Gasteiger partial charge in [0.2, 0.25) is 0 Å². The molecule has 1 saturated heterocycles. The third-order valence-electron chi connectivity index (χ3n) is 4.20. The van der Waals surface area contributed by atoms with Crippen LogP contribution in [0.3, 0.4) is 0 Å². The van der Waals surface area contributed by atoms with Crippen LogP contribution in [-0.4, -0.2) is 54.8 Å². The number of hydrogen-bond donors (Lipinski definition) is 1. The number of pyridine rings is 1. The molecule has 2 heterocycles. The Kier molecular flexibility index (Phi) is 22.6. The van der Waals surface area contributed by atoms with Crippen molar-refractivity contribution >= 4 is 5.82 Å². The number of aromatic nitrogens is 1. The molecule has 1 aromatic heterocycles. The van der Waals surface area contributed by atoms with Crippen molar-refractivity contribution in [3.63, 3.8) is 0 Å². The van der Waals surface area contributed by atoms with E-state index in [-0.39, 0.29) is 0 Å². The van der Waals surface area contributed by atoms with E-state index in [4.69, 9.17) is 5.11 Å². The predicted octanol–water partition coefficient (Wildman–Crippen LogP) is 6.27. The highest BCUT2D eigenvalue weighted by Crippen LogP contribution is 2.27. The van der Waals surface area contributed by atoms with Crippen molar-refractivity contribution in [2.45, 2.75) is 82.6 Å². The van der Waals surface area contributed by atoms with Crippen LogP contribution < -0.4 is 4.90 Å². The van der Waals surface area contributed by atoms with Crippen LogP contribution in [0.25, 0.3) is 0 Å². The van der Waals surface area contributed by atoms with Crippen molar-refractivity contribution in [2.24, 2.45) is 11.3 Å². The molecule has 0 radical (unpaired) electrons. The maximum atomic E-state index is 7.00. The van der Waals surface area contributed by atoms with Gasteiger partial charge in [-0.3, -0.25) is 4.90 Å². The van der Waals surface area contributed by atoms with Crippen LogP contribution in [0.2, 0.25) is 0 Å². The summed E-state index contributed by atoms with van der Waals surface area (Å²) in [5, 5.41) is 7.00. The van der Waals surface area contributed by atoms with Crippen LogP contribution in [-0.2, 0) is 0 Å². The quantitative estimate of drug-likeness (QED) is 0.619. The zero-order valence-electron chi connectivity index (χ0n) is 21.8. The molecule has 0 unspecified atom stereocenters. The number of aliphatic hydroxyl groups excluding tert-OH is 1. The van der Waals surface area contributed by atoms with Gasteiger partial charge >= 0.3 is 0 Å². The Labute approximate surface area is 183 Å². The highest BCUT2D eigenvalue weighted by Gasteiger charge is 2.25. The van der Waals surface area contributed by atoms with Crippen molar-refractivity contribution < 1.29 is 5.11 Å². The molecule has 4 heteroatoms. The Morgan fingerprint density at radius 3 is 1.79 bits per heavy atom. The van der Waals surface area contributed by atoms with Gasteiger partial charge in [-0.05, 0) is 36.3 Å². The van der Waals surface area contributed by atoms with Gasteiger partial charge in [0.15, 0.2) is 0 Å². The Morgan fingerprint density at radius 2 is 1.41 bits per heavy atom. The lowest BCUT2D eigenvalue weighted by Gasteiger charge is -2.40. The Morgan fingerprint density at radius 1 is 0.931 bits per heavy atom. The van der Waals surface area contributed by atoms with Crippen LogP contribution in [0.15, 0.2) is 18.3 Å². The Balaban J connectivity index is -0.000000754. The molecular formula is C25H53N3O. The zero-order valence-corrected chi connectivity index (χ0v) is 21.8. The SMILES string of the molecule is CC.CC.CC.CO.Cc1ccc(N2CCN(CC(C)(C)CC(C)C)CC2)nc1. The lowest BCUT2D eigenvalue weighted by Crippen LogP contribution is -2.49. The molecule has 1 aromatic rings. The maximum Gasteiger partial charge on any atom is 0.128 e. The molecule has 0 spiro atoms. The van der Waals surface area contributed by atoms with Gasteiger partial charge < -0.3 is 10.0 Å². The summed E-state index contributed by atoms with van der Waals surface area (Å²) < 4.78 is 0. The molecule has 0 atom stereocenters. The topological polar surface area (TPSA) is 39.6 Å². The van der Waals surface area contributed by atoms with Gasteiger partial charge in [-0.15, -0.1) is 0 Å². The molecule has 4 nitrogen and oxygen atoms in total. The van der Waals surface area contributed by atoms with E-state index in [2.05, 4.69) is 61.5 Å². The smallest absolute Gasteiger partial charge is 0.128 e. The molecule has 0 aromatic carbocycles. The molecular weight excluding hydrogens is 358 g/mol. The van der Waals surface area contributed by atoms with E-state index in [9.17, 15) is 0 Å². The lowest BCUT2D eigenvalue weighted by atomic mass is 9.83. The number of anilines is 1. The second-order valence-electron chi connectivity index (χ2n) is 7.72. The second-order valence-corrected chi connectivity index (χ2v) is 7.72. The normalized spacial score (nSPS) is 13.5. The van der Waals surface area contributed by atoms with Crippen molar-refractivity contribution in [2.75, 3.05) is 44.7 Å². The first kappa shape index (κ1) is 32.5. The van der Waals surface area contributed by atoms with Crippen LogP contribution in [0.1, 0.15) is 81.2 Å². The number of aryl methyl sites for hydroxylation is 1. The van der Waals surface area contributed by atoms with Crippen molar-refractivity contribution in [1.82, 2.24) is 9.88 Å². The molecule has 0 amide bonds. The highest BCUT2D eigenvalue weighted by atomic mass is 16.2. The summed E-state index contributed by atoms with van der Waals surface area (Å²) in [6, 6.07) is 4.30. The summed E-state index contributed by atoms with van der Waals surface area (Å²) in [6.07, 6.45) is 3.26. The van der Waals surface area contributed by atoms with E-state index in [1.54, 1.807) is 0 Å². The van der Waals surface area contributed by atoms with Crippen molar-refractivity contribution in [1.29, 1.82) is 0 Å². The average Bonchev–Trinajstić information content (AvgIpc) is 2.74. The molecule has 174 valence electrons. The highest BCUT2D eigenvalue weighted by molar-refractivity contribution is 5.39. The van der Waals surface area contributed by atoms with Gasteiger partial charge in [-0.2, -0.15) is 0 Å². The van der Waals surface area contributed by atoms with Crippen molar-refractivity contribution in [3.8, 4) is 0 Å². The molecule has 2 rings (SSSR count). The van der Waals surface area contributed by atoms with Gasteiger partial charge in [0, 0.05) is 46.0 Å². The minimum atomic E-state index is 0.415. The van der Waals surface area contributed by atoms with Crippen LogP contribution in [0.4, 0.5) is 5.82 Å². The molecule has 1 aliphatic heterocycles. The van der Waals surface area contributed by atoms with E-state index in [0.717, 1.165) is 45.0 Å². The average molecular weight is 412 g/mol. The number of hydrogen-bond acceptors (Lipinski definition) is 4. The number of aliphatic hydroxyl groups is 1. The van der Waals surface area contributed by atoms with Crippen LogP contribution in [0, 0.1) is 18.3 Å². The summed E-state index contributed by atoms with van der Waals surface area (Å²) in [5.74, 6) is 1.90. The van der Waals surface area contributed by atoms with E-state index in [1.165, 1.54) is 18.5 Å². The minimum absolute atomic E-state index is 0.415. The molecule has 29 heavy (non-hydrogen) atoms. The van der Waals surface area contributed by atoms with E-state index < -0.39 is 0 Å². The van der Waals surface area contributed by atoms with Crippen LogP contribution in [0.5, 0.6) is 0 Å². The summed E-state index contributed by atoms with van der Waals surface area (Å²) in [4.78, 5) is 9.57. The largest absolute Gasteiger partial charge is 0.400 e. The standard InChI is InChI=1S/C18H31N3.3C2H6.CH4O/c1-15(2)12-18(4,5)14-20-8-10-21(11-9-20)17-7-6-16(3)13-19-17;4*1-2/h6-7,13,15H,8-12,14H2,1-5H3;3*1-2H3;2H,1H3. The van der Waals surface area contributed by atoms with Gasteiger partial charge in [0.1, 0.15) is 5.82 Å². The summed E-state index contributed by atoms with van der Waals surface area (Å²) in [5.41, 5.74) is 1.64. The molecule has 0 aliphatic carbocycles. The summed E-state index contributed by atoms with van der Waals surface area (Å²) >= 11 is 0.